The molecule has 0 aliphatic heterocycles. The Kier molecular flexibility index (Phi) is 37.7. The van der Waals surface area contributed by atoms with Crippen molar-refractivity contribution in [1.29, 1.82) is 0 Å². The number of unbranched alkanes of at least 4 members (excludes halogenated alkanes) is 7. The highest BCUT2D eigenvalue weighted by atomic mass is 16.6. The second kappa shape index (κ2) is 40.3. The van der Waals surface area contributed by atoms with Gasteiger partial charge in [0.25, 0.3) is 0 Å². The fourth-order valence-corrected chi connectivity index (χ4v) is 4.74. The van der Waals surface area contributed by atoms with Crippen LogP contribution in [0, 0.1) is 0 Å². The van der Waals surface area contributed by atoms with Gasteiger partial charge >= 0.3 is 11.9 Å². The van der Waals surface area contributed by atoms with Crippen LogP contribution < -0.4 is 0 Å². The van der Waals surface area contributed by atoms with Crippen LogP contribution in [0.1, 0.15) is 149 Å². The van der Waals surface area contributed by atoms with E-state index in [9.17, 15) is 9.59 Å². The van der Waals surface area contributed by atoms with Gasteiger partial charge in [0.1, 0.15) is 6.61 Å². The maximum atomic E-state index is 12.5. The zero-order chi connectivity index (χ0) is 36.4. The van der Waals surface area contributed by atoms with Crippen LogP contribution in [0.5, 0.6) is 0 Å². The third-order valence-electron chi connectivity index (χ3n) is 7.62. The van der Waals surface area contributed by atoms with Gasteiger partial charge in [0, 0.05) is 19.4 Å². The van der Waals surface area contributed by atoms with E-state index in [0.29, 0.717) is 19.4 Å². The average Bonchev–Trinajstić information content (AvgIpc) is 3.11. The molecule has 0 aromatic carbocycles. The van der Waals surface area contributed by atoms with Crippen LogP contribution in [0.2, 0.25) is 0 Å². The van der Waals surface area contributed by atoms with Crippen LogP contribution in [0.15, 0.2) is 97.2 Å². The predicted molar refractivity (Wildman–Crippen MR) is 214 cm³/mol. The normalized spacial score (nSPS) is 13.3. The number of hydrogen-bond acceptors (Lipinski definition) is 5. The largest absolute Gasteiger partial charge is 0.462 e. The van der Waals surface area contributed by atoms with E-state index in [1.807, 2.05) is 0 Å². The minimum atomic E-state index is -0.580. The standard InChI is InChI=1S/C45H72O5/c1-4-7-10-13-15-17-19-21-23-24-26-28-30-33-35-38-44(46)49-42-43(50-45(47)39-36-32-12-9-6-3)41-48-40-37-34-31-29-27-25-22-20-18-16-14-11-8-5-2/h7-8,10-11,15-18,21-23,25-26,28-29,31,43H,4-6,9,12-14,19-20,24,27,30,32-42H2,1-3H3/b10-7-,11-8-,17-15-,18-16-,23-21-,25-22-,28-26-,31-29-. The van der Waals surface area contributed by atoms with Crippen LogP contribution in [0.3, 0.4) is 0 Å². The summed E-state index contributed by atoms with van der Waals surface area (Å²) >= 11 is 0. The van der Waals surface area contributed by atoms with E-state index in [1.54, 1.807) is 0 Å². The first-order chi connectivity index (χ1) is 24.6. The molecule has 0 heterocycles. The fraction of sp³-hybridized carbons (Fsp3) is 0.600. The summed E-state index contributed by atoms with van der Waals surface area (Å²) < 4.78 is 17.0. The minimum absolute atomic E-state index is 0.0359. The molecule has 282 valence electrons. The summed E-state index contributed by atoms with van der Waals surface area (Å²) in [6, 6.07) is 0. The van der Waals surface area contributed by atoms with E-state index in [2.05, 4.69) is 118 Å². The first kappa shape index (κ1) is 46.8. The lowest BCUT2D eigenvalue weighted by atomic mass is 10.1. The van der Waals surface area contributed by atoms with Gasteiger partial charge in [-0.15, -0.1) is 0 Å². The number of rotatable bonds is 34. The molecule has 0 radical (unpaired) electrons. The molecule has 0 bridgehead atoms. The van der Waals surface area contributed by atoms with Gasteiger partial charge in [0.2, 0.25) is 0 Å². The van der Waals surface area contributed by atoms with E-state index in [0.717, 1.165) is 103 Å². The quantitative estimate of drug-likeness (QED) is 0.0382. The van der Waals surface area contributed by atoms with Gasteiger partial charge < -0.3 is 14.2 Å². The zero-order valence-electron chi connectivity index (χ0n) is 32.1. The third-order valence-corrected chi connectivity index (χ3v) is 7.62. The van der Waals surface area contributed by atoms with Crippen molar-refractivity contribution in [3.63, 3.8) is 0 Å². The molecule has 1 atom stereocenters. The number of hydrogen-bond donors (Lipinski definition) is 0. The molecule has 0 aromatic rings. The highest BCUT2D eigenvalue weighted by Gasteiger charge is 2.17. The molecule has 5 nitrogen and oxygen atoms in total. The molecule has 0 saturated carbocycles. The summed E-state index contributed by atoms with van der Waals surface area (Å²) in [5.74, 6) is -0.501. The van der Waals surface area contributed by atoms with Crippen molar-refractivity contribution in [3.05, 3.63) is 97.2 Å². The minimum Gasteiger partial charge on any atom is -0.462 e. The maximum Gasteiger partial charge on any atom is 0.306 e. The van der Waals surface area contributed by atoms with Crippen LogP contribution in [0.4, 0.5) is 0 Å². The van der Waals surface area contributed by atoms with Crippen molar-refractivity contribution in [1.82, 2.24) is 0 Å². The van der Waals surface area contributed by atoms with Crippen molar-refractivity contribution >= 4 is 11.9 Å². The molecule has 0 aliphatic carbocycles. The molecule has 50 heavy (non-hydrogen) atoms. The Balaban J connectivity index is 4.30. The SMILES string of the molecule is CC/C=C\C/C=C\C/C=C\C/C=C\CCCCC(=O)OCC(COCCC/C=C\C/C=C\C/C=C\C/C=C\CC)OC(=O)CCCCCCC. The molecule has 5 heteroatoms. The summed E-state index contributed by atoms with van der Waals surface area (Å²) in [4.78, 5) is 24.9. The van der Waals surface area contributed by atoms with E-state index in [1.165, 1.54) is 12.8 Å². The Morgan fingerprint density at radius 3 is 1.42 bits per heavy atom. The Labute approximate surface area is 307 Å². The molecule has 0 spiro atoms. The number of esters is 2. The van der Waals surface area contributed by atoms with Gasteiger partial charge in [-0.3, -0.25) is 9.59 Å². The lowest BCUT2D eigenvalue weighted by molar-refractivity contribution is -0.163. The summed E-state index contributed by atoms with van der Waals surface area (Å²) in [6.07, 6.45) is 53.0. The second-order valence-corrected chi connectivity index (χ2v) is 12.4. The van der Waals surface area contributed by atoms with Gasteiger partial charge in [0.05, 0.1) is 6.61 Å². The lowest BCUT2D eigenvalue weighted by Gasteiger charge is -2.18. The maximum absolute atomic E-state index is 12.5. The van der Waals surface area contributed by atoms with E-state index < -0.39 is 6.10 Å². The van der Waals surface area contributed by atoms with Crippen molar-refractivity contribution in [2.24, 2.45) is 0 Å². The van der Waals surface area contributed by atoms with E-state index in [4.69, 9.17) is 14.2 Å². The highest BCUT2D eigenvalue weighted by Crippen LogP contribution is 2.09. The van der Waals surface area contributed by atoms with Crippen molar-refractivity contribution in [2.75, 3.05) is 19.8 Å². The molecule has 0 rings (SSSR count). The topological polar surface area (TPSA) is 61.8 Å². The Morgan fingerprint density at radius 2 is 0.900 bits per heavy atom. The Morgan fingerprint density at radius 1 is 0.460 bits per heavy atom. The third kappa shape index (κ3) is 37.6. The molecule has 0 fully saturated rings. The smallest absolute Gasteiger partial charge is 0.306 e. The lowest BCUT2D eigenvalue weighted by Crippen LogP contribution is -2.30. The van der Waals surface area contributed by atoms with Gasteiger partial charge in [-0.2, -0.15) is 0 Å². The molecule has 0 saturated heterocycles. The number of ether oxygens (including phenoxy) is 3. The van der Waals surface area contributed by atoms with Gasteiger partial charge in [-0.25, -0.2) is 0 Å². The summed E-state index contributed by atoms with van der Waals surface area (Å²) in [6.45, 7) is 7.30. The molecule has 0 aliphatic rings. The predicted octanol–water partition coefficient (Wildman–Crippen LogP) is 12.8. The number of carbonyl (C=O) groups excluding carboxylic acids is 2. The molecule has 1 unspecified atom stereocenters. The number of carbonyl (C=O) groups is 2. The van der Waals surface area contributed by atoms with Crippen molar-refractivity contribution in [3.8, 4) is 0 Å². The summed E-state index contributed by atoms with van der Waals surface area (Å²) in [5, 5.41) is 0. The first-order valence-corrected chi connectivity index (χ1v) is 19.8. The van der Waals surface area contributed by atoms with Crippen LogP contribution in [-0.4, -0.2) is 37.9 Å². The fourth-order valence-electron chi connectivity index (χ4n) is 4.74. The summed E-state index contributed by atoms with van der Waals surface area (Å²) in [7, 11) is 0. The molecule has 0 aromatic heterocycles. The van der Waals surface area contributed by atoms with Gasteiger partial charge in [-0.1, -0.05) is 144 Å². The van der Waals surface area contributed by atoms with E-state index >= 15 is 0 Å². The summed E-state index contributed by atoms with van der Waals surface area (Å²) in [5.41, 5.74) is 0. The second-order valence-electron chi connectivity index (χ2n) is 12.4. The van der Waals surface area contributed by atoms with Gasteiger partial charge in [0.15, 0.2) is 6.10 Å². The van der Waals surface area contributed by atoms with Crippen LogP contribution in [-0.2, 0) is 23.8 Å². The van der Waals surface area contributed by atoms with Crippen LogP contribution >= 0.6 is 0 Å². The van der Waals surface area contributed by atoms with E-state index in [-0.39, 0.29) is 25.2 Å². The Hall–Kier alpha value is -3.18. The molecule has 0 N–H and O–H groups in total. The highest BCUT2D eigenvalue weighted by molar-refractivity contribution is 5.70. The molecular weight excluding hydrogens is 620 g/mol. The Bertz CT molecular complexity index is 1010. The van der Waals surface area contributed by atoms with Gasteiger partial charge in [-0.05, 0) is 89.9 Å². The average molecular weight is 693 g/mol. The first-order valence-electron chi connectivity index (χ1n) is 19.8. The monoisotopic (exact) mass is 693 g/mol. The molecule has 0 amide bonds. The van der Waals surface area contributed by atoms with Crippen molar-refractivity contribution < 1.29 is 23.8 Å². The van der Waals surface area contributed by atoms with Crippen molar-refractivity contribution in [2.45, 2.75) is 155 Å². The zero-order valence-corrected chi connectivity index (χ0v) is 32.1. The number of allylic oxidation sites excluding steroid dienone is 16. The molecular formula is C45H72O5. The van der Waals surface area contributed by atoms with Crippen LogP contribution in [0.25, 0.3) is 0 Å².